The number of aromatic nitrogens is 3. The normalized spacial score (nSPS) is 12.4. The molecule has 0 aliphatic heterocycles. The van der Waals surface area contributed by atoms with Gasteiger partial charge in [0.25, 0.3) is 0 Å². The van der Waals surface area contributed by atoms with Crippen LogP contribution >= 0.6 is 0 Å². The minimum Gasteiger partial charge on any atom is -0.406 e. The summed E-state index contributed by atoms with van der Waals surface area (Å²) in [5, 5.41) is 4.27. The first-order valence-corrected chi connectivity index (χ1v) is 17.1. The number of H-pyrrole nitrogens is 1. The van der Waals surface area contributed by atoms with E-state index in [4.69, 9.17) is 17.2 Å². The number of alkyl halides is 3. The fourth-order valence-electron chi connectivity index (χ4n) is 5.02. The van der Waals surface area contributed by atoms with Gasteiger partial charge in [-0.3, -0.25) is 9.56 Å². The van der Waals surface area contributed by atoms with Crippen LogP contribution in [-0.4, -0.2) is 46.5 Å². The number of ether oxygens (including phenoxy) is 1. The third-order valence-corrected chi connectivity index (χ3v) is 8.37. The van der Waals surface area contributed by atoms with Gasteiger partial charge < -0.3 is 32.2 Å². The van der Waals surface area contributed by atoms with Crippen molar-refractivity contribution in [1.29, 1.82) is 0 Å². The van der Waals surface area contributed by atoms with Gasteiger partial charge in [-0.25, -0.2) is 4.79 Å². The second-order valence-electron chi connectivity index (χ2n) is 15.7. The van der Waals surface area contributed by atoms with E-state index in [0.29, 0.717) is 25.2 Å². The molecule has 10 nitrogen and oxygen atoms in total. The summed E-state index contributed by atoms with van der Waals surface area (Å²) in [5.41, 5.74) is 21.0. The van der Waals surface area contributed by atoms with Crippen LogP contribution in [0.3, 0.4) is 0 Å². The van der Waals surface area contributed by atoms with Gasteiger partial charge in [0, 0.05) is 35.8 Å². The Morgan fingerprint density at radius 2 is 1.61 bits per heavy atom. The molecule has 2 heterocycles. The fraction of sp³-hybridized carbons (Fsp3) is 0.500. The maximum Gasteiger partial charge on any atom is 0.573 e. The molecule has 13 heteroatoms. The number of halogens is 3. The minimum absolute atomic E-state index is 0.0352. The number of fused-ring (bicyclic) bond motifs is 1. The van der Waals surface area contributed by atoms with Crippen LogP contribution in [0.25, 0.3) is 16.7 Å². The van der Waals surface area contributed by atoms with Crippen molar-refractivity contribution < 1.29 is 17.9 Å². The van der Waals surface area contributed by atoms with Crippen molar-refractivity contribution in [2.75, 3.05) is 19.6 Å². The first-order valence-electron chi connectivity index (χ1n) is 17.1. The topological polar surface area (TPSA) is 162 Å². The van der Waals surface area contributed by atoms with E-state index in [1.165, 1.54) is 12.1 Å². The number of aromatic amines is 1. The quantitative estimate of drug-likeness (QED) is 0.0631. The Bertz CT molecular complexity index is 1810. The summed E-state index contributed by atoms with van der Waals surface area (Å²) in [5.74, 6) is -0.0294. The molecule has 0 bridgehead atoms. The molecular weight excluding hydrogens is 657 g/mol. The number of benzene rings is 2. The highest BCUT2D eigenvalue weighted by molar-refractivity contribution is 5.76. The van der Waals surface area contributed by atoms with Crippen molar-refractivity contribution >= 4 is 17.0 Å². The molecule has 0 radical (unpaired) electrons. The SMILES string of the molecule is CC(C)(C)c1cc2cn(-c3ccc(CNCCCN=C(N)N)cc3)c(=O)nc2[nH]1.CC(C)(CN)CCc1cc(OC(F)(F)F)cc(C(C)(C)C)c1. The van der Waals surface area contributed by atoms with Crippen LogP contribution in [0, 0.1) is 5.41 Å². The number of guanidine groups is 1. The maximum atomic E-state index is 12.5. The van der Waals surface area contributed by atoms with Gasteiger partial charge in [0.1, 0.15) is 11.4 Å². The van der Waals surface area contributed by atoms with Crippen molar-refractivity contribution in [2.24, 2.45) is 27.6 Å². The predicted octanol–water partition coefficient (Wildman–Crippen LogP) is 6.56. The first-order chi connectivity index (χ1) is 23.6. The molecule has 2 aromatic heterocycles. The van der Waals surface area contributed by atoms with E-state index in [2.05, 4.69) is 51.9 Å². The lowest BCUT2D eigenvalue weighted by atomic mass is 9.83. The highest BCUT2D eigenvalue weighted by atomic mass is 19.4. The Balaban J connectivity index is 0.000000287. The molecule has 0 spiro atoms. The third kappa shape index (κ3) is 13.4. The van der Waals surface area contributed by atoms with Crippen LogP contribution in [-0.2, 0) is 23.8 Å². The molecule has 8 N–H and O–H groups in total. The van der Waals surface area contributed by atoms with Crippen LogP contribution in [0.2, 0.25) is 0 Å². The smallest absolute Gasteiger partial charge is 0.406 e. The van der Waals surface area contributed by atoms with Crippen molar-refractivity contribution in [2.45, 2.75) is 98.4 Å². The number of aryl methyl sites for hydroxylation is 1. The van der Waals surface area contributed by atoms with E-state index in [9.17, 15) is 18.0 Å². The van der Waals surface area contributed by atoms with Crippen molar-refractivity contribution in [1.82, 2.24) is 19.9 Å². The molecule has 280 valence electrons. The van der Waals surface area contributed by atoms with Gasteiger partial charge in [-0.1, -0.05) is 73.6 Å². The molecule has 0 aliphatic carbocycles. The number of nitrogens with two attached hydrogens (primary N) is 3. The maximum absolute atomic E-state index is 12.5. The predicted molar refractivity (Wildman–Crippen MR) is 200 cm³/mol. The molecule has 0 aliphatic rings. The van der Waals surface area contributed by atoms with Crippen LogP contribution < -0.4 is 32.9 Å². The zero-order valence-electron chi connectivity index (χ0n) is 31.2. The lowest BCUT2D eigenvalue weighted by Crippen LogP contribution is -2.24. The number of nitrogens with zero attached hydrogens (tertiary/aromatic N) is 3. The van der Waals surface area contributed by atoms with Crippen LogP contribution in [0.1, 0.15) is 90.6 Å². The average molecular weight is 713 g/mol. The van der Waals surface area contributed by atoms with E-state index in [1.54, 1.807) is 4.57 Å². The number of hydrogen-bond acceptors (Lipinski definition) is 6. The van der Waals surface area contributed by atoms with Crippen LogP contribution in [0.15, 0.2) is 64.5 Å². The second-order valence-corrected chi connectivity index (χ2v) is 15.7. The Morgan fingerprint density at radius 3 is 2.18 bits per heavy atom. The third-order valence-electron chi connectivity index (χ3n) is 8.37. The summed E-state index contributed by atoms with van der Waals surface area (Å²) < 4.78 is 43.2. The molecule has 0 atom stereocenters. The highest BCUT2D eigenvalue weighted by Gasteiger charge is 2.32. The van der Waals surface area contributed by atoms with E-state index < -0.39 is 6.36 Å². The van der Waals surface area contributed by atoms with Gasteiger partial charge in [-0.2, -0.15) is 4.98 Å². The molecule has 4 rings (SSSR count). The van der Waals surface area contributed by atoms with Gasteiger partial charge in [0.2, 0.25) is 0 Å². The Hall–Kier alpha value is -4.36. The molecule has 0 saturated heterocycles. The fourth-order valence-corrected chi connectivity index (χ4v) is 5.02. The molecular formula is C38H55F3N8O2. The highest BCUT2D eigenvalue weighted by Crippen LogP contribution is 2.32. The molecule has 51 heavy (non-hydrogen) atoms. The van der Waals surface area contributed by atoms with Crippen molar-refractivity contribution in [3.8, 4) is 11.4 Å². The van der Waals surface area contributed by atoms with Gasteiger partial charge in [0.05, 0.1) is 5.69 Å². The summed E-state index contributed by atoms with van der Waals surface area (Å²) in [6.07, 6.45) is -0.493. The van der Waals surface area contributed by atoms with Gasteiger partial charge in [-0.15, -0.1) is 13.2 Å². The number of aliphatic imine (C=N–C) groups is 1. The van der Waals surface area contributed by atoms with Crippen molar-refractivity contribution in [3.63, 3.8) is 0 Å². The Labute approximate surface area is 299 Å². The zero-order chi connectivity index (χ0) is 38.2. The Morgan fingerprint density at radius 1 is 0.941 bits per heavy atom. The van der Waals surface area contributed by atoms with Crippen LogP contribution in [0.5, 0.6) is 5.75 Å². The van der Waals surface area contributed by atoms with Crippen molar-refractivity contribution in [3.05, 3.63) is 87.6 Å². The Kier molecular flexibility index (Phi) is 13.5. The number of rotatable bonds is 12. The summed E-state index contributed by atoms with van der Waals surface area (Å²) >= 11 is 0. The van der Waals surface area contributed by atoms with Gasteiger partial charge in [-0.05, 0) is 90.2 Å². The zero-order valence-corrected chi connectivity index (χ0v) is 31.2. The van der Waals surface area contributed by atoms with E-state index >= 15 is 0 Å². The largest absolute Gasteiger partial charge is 0.573 e. The number of hydrogen-bond donors (Lipinski definition) is 5. The molecule has 0 unspecified atom stereocenters. The monoisotopic (exact) mass is 712 g/mol. The summed E-state index contributed by atoms with van der Waals surface area (Å²) in [4.78, 5) is 23.9. The molecule has 0 fully saturated rings. The minimum atomic E-state index is -4.68. The standard InChI is InChI=1S/C21H29N7O.C17H26F3NO/c1-21(2,3)17-11-15-13-28(20(29)27-18(15)26-17)16-7-5-14(6-8-16)12-24-9-4-10-25-19(22)23;1-15(2,3)13-8-12(6-7-16(4,5)11-21)9-14(10-13)22-17(18,19)20/h5-8,11,13,24H,4,9-10,12H2,1-3H3,(H4,22,23,25)(H,26,27,29);8-10H,6-7,11,21H2,1-5H3. The molecule has 0 saturated carbocycles. The number of nitrogens with one attached hydrogen (secondary N) is 2. The summed E-state index contributed by atoms with van der Waals surface area (Å²) in [6.45, 7) is 19.1. The van der Waals surface area contributed by atoms with Crippen LogP contribution in [0.4, 0.5) is 13.2 Å². The van der Waals surface area contributed by atoms with E-state index in [1.807, 2.05) is 71.1 Å². The molecule has 2 aromatic carbocycles. The molecule has 0 amide bonds. The van der Waals surface area contributed by atoms with Gasteiger partial charge in [0.15, 0.2) is 5.96 Å². The van der Waals surface area contributed by atoms with Gasteiger partial charge >= 0.3 is 12.1 Å². The second kappa shape index (κ2) is 16.8. The summed E-state index contributed by atoms with van der Waals surface area (Å²) in [7, 11) is 0. The lowest BCUT2D eigenvalue weighted by molar-refractivity contribution is -0.274. The average Bonchev–Trinajstić information content (AvgIpc) is 3.44. The first kappa shape index (κ1) is 41.1. The van der Waals surface area contributed by atoms with E-state index in [0.717, 1.165) is 59.4 Å². The lowest BCUT2D eigenvalue weighted by Gasteiger charge is -2.24. The van der Waals surface area contributed by atoms with E-state index in [-0.39, 0.29) is 33.6 Å². The summed E-state index contributed by atoms with van der Waals surface area (Å²) in [6, 6.07) is 14.8. The molecule has 4 aromatic rings.